The largest absolute Gasteiger partial charge is 0.493 e. The predicted molar refractivity (Wildman–Crippen MR) is 189 cm³/mol. The van der Waals surface area contributed by atoms with E-state index in [9.17, 15) is 9.18 Å². The Hall–Kier alpha value is -2.86. The van der Waals surface area contributed by atoms with Gasteiger partial charge in [-0.25, -0.2) is 4.39 Å². The lowest BCUT2D eigenvalue weighted by molar-refractivity contribution is -0.109. The van der Waals surface area contributed by atoms with Crippen LogP contribution in [0.3, 0.4) is 0 Å². The second-order valence-corrected chi connectivity index (χ2v) is 13.7. The monoisotopic (exact) mass is 624 g/mol. The molecule has 3 rings (SSSR count). The van der Waals surface area contributed by atoms with E-state index < -0.39 is 0 Å². The van der Waals surface area contributed by atoms with Gasteiger partial charge in [0.1, 0.15) is 12.1 Å². The molecule has 0 aromatic heterocycles. The van der Waals surface area contributed by atoms with Crippen molar-refractivity contribution < 1.29 is 18.7 Å². The summed E-state index contributed by atoms with van der Waals surface area (Å²) in [6.45, 7) is 21.2. The Kier molecular flexibility index (Phi) is 15.6. The first-order valence-corrected chi connectivity index (χ1v) is 16.9. The fourth-order valence-electron chi connectivity index (χ4n) is 6.95. The Balaban J connectivity index is 0.000000355. The molecule has 2 aromatic rings. The van der Waals surface area contributed by atoms with Crippen molar-refractivity contribution in [2.24, 2.45) is 5.41 Å². The minimum absolute atomic E-state index is 0.117. The maximum absolute atomic E-state index is 13.2. The van der Waals surface area contributed by atoms with Crippen LogP contribution in [0.4, 0.5) is 10.1 Å². The van der Waals surface area contributed by atoms with Crippen molar-refractivity contribution in [3.8, 4) is 11.5 Å². The zero-order chi connectivity index (χ0) is 33.7. The third-order valence-corrected chi connectivity index (χ3v) is 8.86. The van der Waals surface area contributed by atoms with Gasteiger partial charge in [-0.15, -0.1) is 0 Å². The second-order valence-electron chi connectivity index (χ2n) is 13.7. The van der Waals surface area contributed by atoms with Crippen molar-refractivity contribution in [3.63, 3.8) is 0 Å². The van der Waals surface area contributed by atoms with Crippen LogP contribution in [0, 0.1) is 25.1 Å². The van der Waals surface area contributed by atoms with Crippen LogP contribution in [-0.2, 0) is 4.79 Å². The summed E-state index contributed by atoms with van der Waals surface area (Å²) in [7, 11) is 3.81. The minimum Gasteiger partial charge on any atom is -0.493 e. The molecule has 1 aliphatic heterocycles. The molecule has 0 bridgehead atoms. The zero-order valence-electron chi connectivity index (χ0n) is 30.1. The van der Waals surface area contributed by atoms with Crippen LogP contribution < -0.4 is 14.4 Å². The molecule has 0 saturated carbocycles. The number of allylic oxidation sites excluding steroid dienone is 2. The third-order valence-electron chi connectivity index (χ3n) is 8.86. The van der Waals surface area contributed by atoms with E-state index in [1.807, 2.05) is 26.0 Å². The average Bonchev–Trinajstić information content (AvgIpc) is 3.36. The predicted octanol–water partition coefficient (Wildman–Crippen LogP) is 9.68. The standard InChI is InChI=1S/C24H37NO3.C15H24FN/c1-8-28-23-18(4)11-19(13-22(23)27-7)20-12-21(25(16-20)9-10-26)15-24(5,6)14-17(2)3;1-5-7-13(8-6-2)17(4)14-9-10-15(16)12(3)11-14/h10-11,13-14,20-21H,8-9,12,15-16H2,1-7H3;9-11,13H,5-8H2,1-4H3. The maximum atomic E-state index is 13.2. The molecule has 0 N–H and O–H groups in total. The summed E-state index contributed by atoms with van der Waals surface area (Å²) < 4.78 is 24.6. The normalized spacial score (nSPS) is 16.6. The van der Waals surface area contributed by atoms with Crippen molar-refractivity contribution in [2.45, 2.75) is 119 Å². The van der Waals surface area contributed by atoms with E-state index in [1.165, 1.54) is 36.8 Å². The molecule has 0 aliphatic carbocycles. The van der Waals surface area contributed by atoms with E-state index in [-0.39, 0.29) is 11.2 Å². The molecular weight excluding hydrogens is 563 g/mol. The first kappa shape index (κ1) is 38.3. The maximum Gasteiger partial charge on any atom is 0.164 e. The highest BCUT2D eigenvalue weighted by Gasteiger charge is 2.36. The number of halogens is 1. The summed E-state index contributed by atoms with van der Waals surface area (Å²) >= 11 is 0. The van der Waals surface area contributed by atoms with Gasteiger partial charge in [0.25, 0.3) is 0 Å². The molecular formula is C39H61FN2O3. The number of methoxy groups -OCH3 is 1. The average molecular weight is 625 g/mol. The number of aryl methyl sites for hydroxylation is 2. The summed E-state index contributed by atoms with van der Waals surface area (Å²) in [6, 6.07) is 10.7. The lowest BCUT2D eigenvalue weighted by Gasteiger charge is -2.30. The minimum atomic E-state index is -0.121. The van der Waals surface area contributed by atoms with Gasteiger partial charge in [0.05, 0.1) is 20.3 Å². The van der Waals surface area contributed by atoms with E-state index in [2.05, 4.69) is 83.5 Å². The summed E-state index contributed by atoms with van der Waals surface area (Å²) in [6.07, 6.45) is 10.3. The smallest absolute Gasteiger partial charge is 0.164 e. The first-order chi connectivity index (χ1) is 21.3. The summed E-state index contributed by atoms with van der Waals surface area (Å²) in [4.78, 5) is 15.9. The number of ether oxygens (including phenoxy) is 2. The number of rotatable bonds is 15. The number of hydrogen-bond donors (Lipinski definition) is 0. The quantitative estimate of drug-likeness (QED) is 0.146. The van der Waals surface area contributed by atoms with Gasteiger partial charge in [0.2, 0.25) is 0 Å². The van der Waals surface area contributed by atoms with E-state index in [4.69, 9.17) is 9.47 Å². The lowest BCUT2D eigenvalue weighted by atomic mass is 9.82. The molecule has 45 heavy (non-hydrogen) atoms. The number of likely N-dealkylation sites (tertiary alicyclic amines) is 1. The van der Waals surface area contributed by atoms with E-state index in [1.54, 1.807) is 13.2 Å². The fourth-order valence-corrected chi connectivity index (χ4v) is 6.95. The molecule has 1 fully saturated rings. The van der Waals surface area contributed by atoms with Gasteiger partial charge in [-0.05, 0) is 113 Å². The molecule has 5 nitrogen and oxygen atoms in total. The Labute approximate surface area is 274 Å². The van der Waals surface area contributed by atoms with Crippen molar-refractivity contribution in [2.75, 3.05) is 38.8 Å². The van der Waals surface area contributed by atoms with Crippen LogP contribution in [-0.4, -0.2) is 57.1 Å². The molecule has 1 heterocycles. The Morgan fingerprint density at radius 3 is 2.29 bits per heavy atom. The SMILES string of the molecule is CCCC(CCC)N(C)c1ccc(F)c(C)c1.CCOc1c(C)cc(C2CC(CC(C)(C)C=C(C)C)N(CC=O)C2)cc1OC. The van der Waals surface area contributed by atoms with Gasteiger partial charge >= 0.3 is 0 Å². The number of aldehydes is 1. The number of anilines is 1. The Bertz CT molecular complexity index is 1230. The number of nitrogens with zero attached hydrogens (tertiary/aromatic N) is 2. The van der Waals surface area contributed by atoms with E-state index >= 15 is 0 Å². The van der Waals surface area contributed by atoms with E-state index in [0.717, 1.165) is 54.0 Å². The van der Waals surface area contributed by atoms with Crippen LogP contribution in [0.2, 0.25) is 0 Å². The van der Waals surface area contributed by atoms with Gasteiger partial charge in [0.15, 0.2) is 11.5 Å². The molecule has 6 heteroatoms. The molecule has 1 saturated heterocycles. The first-order valence-electron chi connectivity index (χ1n) is 16.9. The van der Waals surface area contributed by atoms with Crippen LogP contribution in [0.1, 0.15) is 110 Å². The highest BCUT2D eigenvalue weighted by atomic mass is 19.1. The Morgan fingerprint density at radius 1 is 1.09 bits per heavy atom. The van der Waals surface area contributed by atoms with Crippen LogP contribution in [0.5, 0.6) is 11.5 Å². The molecule has 0 spiro atoms. The molecule has 2 atom stereocenters. The van der Waals surface area contributed by atoms with E-state index in [0.29, 0.717) is 31.2 Å². The van der Waals surface area contributed by atoms with Crippen LogP contribution >= 0.6 is 0 Å². The van der Waals surface area contributed by atoms with Gasteiger partial charge in [-0.3, -0.25) is 4.90 Å². The topological polar surface area (TPSA) is 42.0 Å². The van der Waals surface area contributed by atoms with Crippen LogP contribution in [0.25, 0.3) is 0 Å². The molecule has 2 aromatic carbocycles. The van der Waals surface area contributed by atoms with Gasteiger partial charge in [0, 0.05) is 31.4 Å². The molecule has 0 radical (unpaired) electrons. The highest BCUT2D eigenvalue weighted by molar-refractivity contribution is 5.53. The van der Waals surface area contributed by atoms with Gasteiger partial charge in [-0.2, -0.15) is 0 Å². The lowest BCUT2D eigenvalue weighted by Crippen LogP contribution is -2.34. The second kappa shape index (κ2) is 18.3. The molecule has 2 unspecified atom stereocenters. The summed E-state index contributed by atoms with van der Waals surface area (Å²) in [5.74, 6) is 1.91. The third kappa shape index (κ3) is 11.5. The highest BCUT2D eigenvalue weighted by Crippen LogP contribution is 2.41. The van der Waals surface area contributed by atoms with Crippen molar-refractivity contribution in [3.05, 3.63) is 64.5 Å². The molecule has 1 aliphatic rings. The van der Waals surface area contributed by atoms with Gasteiger partial charge < -0.3 is 19.2 Å². The van der Waals surface area contributed by atoms with Crippen molar-refractivity contribution >= 4 is 12.0 Å². The Morgan fingerprint density at radius 2 is 1.76 bits per heavy atom. The molecule has 0 amide bonds. The zero-order valence-corrected chi connectivity index (χ0v) is 30.1. The molecule has 252 valence electrons. The number of carbonyl (C=O) groups is 1. The summed E-state index contributed by atoms with van der Waals surface area (Å²) in [5.41, 5.74) is 5.68. The van der Waals surface area contributed by atoms with Crippen molar-refractivity contribution in [1.82, 2.24) is 4.90 Å². The number of hydrogen-bond acceptors (Lipinski definition) is 5. The number of benzene rings is 2. The summed E-state index contributed by atoms with van der Waals surface area (Å²) in [5, 5.41) is 0. The fraction of sp³-hybridized carbons (Fsp3) is 0.615. The number of carbonyl (C=O) groups excluding carboxylic acids is 1. The van der Waals surface area contributed by atoms with Gasteiger partial charge in [-0.1, -0.05) is 58.3 Å². The van der Waals surface area contributed by atoms with Crippen molar-refractivity contribution in [1.29, 1.82) is 0 Å². The van der Waals surface area contributed by atoms with Crippen LogP contribution in [0.15, 0.2) is 42.0 Å².